The molecule has 2 amide bonds. The molecule has 0 spiro atoms. The minimum Gasteiger partial charge on any atom is -0.349 e. The van der Waals surface area contributed by atoms with Crippen molar-refractivity contribution in [2.75, 3.05) is 44.7 Å². The van der Waals surface area contributed by atoms with E-state index in [1.807, 2.05) is 23.1 Å². The van der Waals surface area contributed by atoms with Crippen molar-refractivity contribution >= 4 is 17.5 Å². The maximum atomic E-state index is 13.2. The Morgan fingerprint density at radius 3 is 2.35 bits per heavy atom. The second kappa shape index (κ2) is 13.2. The molecule has 2 aliphatic heterocycles. The van der Waals surface area contributed by atoms with Crippen molar-refractivity contribution in [3.8, 4) is 0 Å². The van der Waals surface area contributed by atoms with Gasteiger partial charge in [-0.15, -0.1) is 0 Å². The summed E-state index contributed by atoms with van der Waals surface area (Å²) >= 11 is 0. The van der Waals surface area contributed by atoms with E-state index in [-0.39, 0.29) is 17.9 Å². The van der Waals surface area contributed by atoms with Crippen LogP contribution in [0.15, 0.2) is 18.2 Å². The molecule has 0 bridgehead atoms. The summed E-state index contributed by atoms with van der Waals surface area (Å²) in [7, 11) is 2.13. The van der Waals surface area contributed by atoms with E-state index >= 15 is 0 Å². The summed E-state index contributed by atoms with van der Waals surface area (Å²) in [6.07, 6.45) is 9.00. The average Bonchev–Trinajstić information content (AvgIpc) is 2.79. The predicted octanol–water partition coefficient (Wildman–Crippen LogP) is 4.68. The van der Waals surface area contributed by atoms with Gasteiger partial charge in [0.05, 0.1) is 0 Å². The zero-order chi connectivity index (χ0) is 24.5. The molecule has 6 heteroatoms. The smallest absolute Gasteiger partial charge is 0.251 e. The Kier molecular flexibility index (Phi) is 10.4. The number of rotatable bonds is 5. The molecule has 34 heavy (non-hydrogen) atoms. The molecule has 0 radical (unpaired) electrons. The van der Waals surface area contributed by atoms with Crippen LogP contribution in [0.2, 0.25) is 0 Å². The summed E-state index contributed by atoms with van der Waals surface area (Å²) in [5.41, 5.74) is 2.77. The topological polar surface area (TPSA) is 55.9 Å². The van der Waals surface area contributed by atoms with Gasteiger partial charge in [0.1, 0.15) is 0 Å². The van der Waals surface area contributed by atoms with Crippen LogP contribution in [0.3, 0.4) is 0 Å². The molecule has 2 aliphatic rings. The summed E-state index contributed by atoms with van der Waals surface area (Å²) in [5, 5.41) is 3.26. The molecular weight excluding hydrogens is 424 g/mol. The van der Waals surface area contributed by atoms with E-state index in [0.717, 1.165) is 82.6 Å². The maximum absolute atomic E-state index is 13.2. The van der Waals surface area contributed by atoms with Gasteiger partial charge in [0.2, 0.25) is 5.91 Å². The molecular formula is C28H46N4O2. The Morgan fingerprint density at radius 1 is 1.00 bits per heavy atom. The summed E-state index contributed by atoms with van der Waals surface area (Å²) in [4.78, 5) is 32.5. The lowest BCUT2D eigenvalue weighted by atomic mass is 10.0. The van der Waals surface area contributed by atoms with E-state index in [0.29, 0.717) is 11.5 Å². The van der Waals surface area contributed by atoms with E-state index < -0.39 is 0 Å². The second-order valence-electron chi connectivity index (χ2n) is 10.8. The summed E-state index contributed by atoms with van der Waals surface area (Å²) in [6.45, 7) is 11.9. The van der Waals surface area contributed by atoms with Crippen LogP contribution in [0.25, 0.3) is 0 Å². The standard InChI is InChI=1S/C28H46N4O2/c1-22(2)12-19-31-15-8-6-5-7-9-16-32(23(3)33)27-11-10-24(20-25(27)21-31)28(34)29-26-13-17-30(4)18-14-26/h10-11,20,22,26H,5-9,12-19,21H2,1-4H3,(H,29,34). The average molecular weight is 471 g/mol. The first-order valence-corrected chi connectivity index (χ1v) is 13.5. The number of carbonyl (C=O) groups is 2. The number of nitrogens with zero attached hydrogens (tertiary/aromatic N) is 3. The lowest BCUT2D eigenvalue weighted by Crippen LogP contribution is -2.43. The van der Waals surface area contributed by atoms with E-state index in [1.165, 1.54) is 19.3 Å². The second-order valence-corrected chi connectivity index (χ2v) is 10.8. The van der Waals surface area contributed by atoms with Crippen molar-refractivity contribution in [2.45, 2.75) is 84.7 Å². The van der Waals surface area contributed by atoms with Crippen molar-refractivity contribution < 1.29 is 9.59 Å². The number of nitrogens with one attached hydrogen (secondary N) is 1. The van der Waals surface area contributed by atoms with Gasteiger partial charge in [-0.05, 0) is 95.0 Å². The third-order valence-electron chi connectivity index (χ3n) is 7.34. The normalized spacial score (nSPS) is 19.9. The van der Waals surface area contributed by atoms with Gasteiger partial charge >= 0.3 is 0 Å². The third kappa shape index (κ3) is 8.09. The van der Waals surface area contributed by atoms with Gasteiger partial charge < -0.3 is 15.1 Å². The van der Waals surface area contributed by atoms with Crippen LogP contribution in [0.5, 0.6) is 0 Å². The molecule has 1 aromatic carbocycles. The number of hydrogen-bond donors (Lipinski definition) is 1. The van der Waals surface area contributed by atoms with Gasteiger partial charge in [-0.3, -0.25) is 14.5 Å². The van der Waals surface area contributed by atoms with E-state index in [1.54, 1.807) is 6.92 Å². The molecule has 0 unspecified atom stereocenters. The van der Waals surface area contributed by atoms with Gasteiger partial charge in [-0.25, -0.2) is 0 Å². The lowest BCUT2D eigenvalue weighted by molar-refractivity contribution is -0.116. The van der Waals surface area contributed by atoms with Crippen LogP contribution < -0.4 is 10.2 Å². The van der Waals surface area contributed by atoms with Crippen molar-refractivity contribution in [1.29, 1.82) is 0 Å². The zero-order valence-corrected chi connectivity index (χ0v) is 21.9. The van der Waals surface area contributed by atoms with Gasteiger partial charge in [0.25, 0.3) is 5.91 Å². The number of benzene rings is 1. The molecule has 2 heterocycles. The fourth-order valence-corrected chi connectivity index (χ4v) is 5.07. The fraction of sp³-hybridized carbons (Fsp3) is 0.714. The lowest BCUT2D eigenvalue weighted by Gasteiger charge is -2.30. The van der Waals surface area contributed by atoms with Crippen molar-refractivity contribution in [1.82, 2.24) is 15.1 Å². The van der Waals surface area contributed by atoms with Gasteiger partial charge in [0, 0.05) is 37.3 Å². The van der Waals surface area contributed by atoms with Crippen LogP contribution in [-0.2, 0) is 11.3 Å². The van der Waals surface area contributed by atoms with E-state index in [4.69, 9.17) is 0 Å². The predicted molar refractivity (Wildman–Crippen MR) is 140 cm³/mol. The van der Waals surface area contributed by atoms with Gasteiger partial charge in [-0.2, -0.15) is 0 Å². The highest BCUT2D eigenvalue weighted by Gasteiger charge is 2.22. The fourth-order valence-electron chi connectivity index (χ4n) is 5.07. The highest BCUT2D eigenvalue weighted by atomic mass is 16.2. The van der Waals surface area contributed by atoms with Crippen LogP contribution >= 0.6 is 0 Å². The summed E-state index contributed by atoms with van der Waals surface area (Å²) in [5.74, 6) is 0.739. The van der Waals surface area contributed by atoms with Crippen molar-refractivity contribution in [2.24, 2.45) is 5.92 Å². The molecule has 3 rings (SSSR count). The van der Waals surface area contributed by atoms with Crippen molar-refractivity contribution in [3.05, 3.63) is 29.3 Å². The SMILES string of the molecule is CC(=O)N1CCCCCCCN(CCC(C)C)Cc2cc(C(=O)NC3CCN(C)CC3)ccc21. The van der Waals surface area contributed by atoms with Crippen LogP contribution in [0.1, 0.15) is 88.1 Å². The van der Waals surface area contributed by atoms with Crippen LogP contribution in [-0.4, -0.2) is 67.4 Å². The molecule has 0 atom stereocenters. The largest absolute Gasteiger partial charge is 0.349 e. The maximum Gasteiger partial charge on any atom is 0.251 e. The minimum absolute atomic E-state index is 0.00609. The Hall–Kier alpha value is -1.92. The number of amides is 2. The van der Waals surface area contributed by atoms with Gasteiger partial charge in [-0.1, -0.05) is 33.1 Å². The van der Waals surface area contributed by atoms with Gasteiger partial charge in [0.15, 0.2) is 0 Å². The Balaban J connectivity index is 1.86. The Labute approximate surface area is 207 Å². The monoisotopic (exact) mass is 470 g/mol. The number of piperidine rings is 1. The molecule has 6 nitrogen and oxygen atoms in total. The molecule has 1 aromatic rings. The van der Waals surface area contributed by atoms with E-state index in [9.17, 15) is 9.59 Å². The Morgan fingerprint density at radius 2 is 1.68 bits per heavy atom. The molecule has 190 valence electrons. The van der Waals surface area contributed by atoms with Crippen LogP contribution in [0.4, 0.5) is 5.69 Å². The Bertz CT molecular complexity index is 802. The van der Waals surface area contributed by atoms with Crippen LogP contribution in [0, 0.1) is 5.92 Å². The summed E-state index contributed by atoms with van der Waals surface area (Å²) < 4.78 is 0. The summed E-state index contributed by atoms with van der Waals surface area (Å²) in [6, 6.07) is 6.20. The first kappa shape index (κ1) is 26.7. The van der Waals surface area contributed by atoms with E-state index in [2.05, 4.69) is 36.0 Å². The third-order valence-corrected chi connectivity index (χ3v) is 7.34. The quantitative estimate of drug-likeness (QED) is 0.679. The number of anilines is 1. The highest BCUT2D eigenvalue weighted by molar-refractivity contribution is 5.97. The minimum atomic E-state index is 0.00609. The molecule has 0 aromatic heterocycles. The molecule has 1 N–H and O–H groups in total. The number of hydrogen-bond acceptors (Lipinski definition) is 4. The first-order chi connectivity index (χ1) is 16.3. The van der Waals surface area contributed by atoms with Crippen molar-refractivity contribution in [3.63, 3.8) is 0 Å². The number of likely N-dealkylation sites (tertiary alicyclic amines) is 1. The number of fused-ring (bicyclic) bond motifs is 1. The zero-order valence-electron chi connectivity index (χ0n) is 21.9. The molecule has 0 saturated carbocycles. The first-order valence-electron chi connectivity index (χ1n) is 13.5. The molecule has 1 fully saturated rings. The highest BCUT2D eigenvalue weighted by Crippen LogP contribution is 2.26. The number of carbonyl (C=O) groups excluding carboxylic acids is 2. The molecule has 0 aliphatic carbocycles. The molecule has 1 saturated heterocycles.